The van der Waals surface area contributed by atoms with Crippen molar-refractivity contribution < 1.29 is 4.74 Å². The quantitative estimate of drug-likeness (QED) is 0.746. The average molecular weight is 240 g/mol. The molecule has 0 aliphatic heterocycles. The molecule has 0 aliphatic rings. The maximum absolute atomic E-state index is 5.78. The summed E-state index contributed by atoms with van der Waals surface area (Å²) in [6.07, 6.45) is 3.45. The third-order valence-corrected chi connectivity index (χ3v) is 2.61. The minimum Gasteiger partial charge on any atom is -0.436 e. The number of rotatable bonds is 2. The molecule has 0 amide bonds. The van der Waals surface area contributed by atoms with E-state index in [-0.39, 0.29) is 0 Å². The van der Waals surface area contributed by atoms with Gasteiger partial charge in [0.15, 0.2) is 0 Å². The summed E-state index contributed by atoms with van der Waals surface area (Å²) in [4.78, 5) is 4.27. The van der Waals surface area contributed by atoms with Crippen LogP contribution in [0, 0.1) is 0 Å². The first-order valence-corrected chi connectivity index (χ1v) is 5.54. The molecule has 0 spiro atoms. The third kappa shape index (κ3) is 1.86. The number of nitrogens with zero attached hydrogens (tertiary/aromatic N) is 3. The molecular weight excluding hydrogens is 228 g/mol. The van der Waals surface area contributed by atoms with E-state index in [4.69, 9.17) is 10.5 Å². The predicted molar refractivity (Wildman–Crippen MR) is 69.4 cm³/mol. The van der Waals surface area contributed by atoms with E-state index in [0.717, 1.165) is 10.9 Å². The summed E-state index contributed by atoms with van der Waals surface area (Å²) < 4.78 is 7.26. The minimum absolute atomic E-state index is 0.410. The summed E-state index contributed by atoms with van der Waals surface area (Å²) in [5.74, 6) is 1.08. The van der Waals surface area contributed by atoms with Gasteiger partial charge in [0, 0.05) is 24.7 Å². The van der Waals surface area contributed by atoms with Crippen LogP contribution in [0.1, 0.15) is 0 Å². The van der Waals surface area contributed by atoms with Gasteiger partial charge < -0.3 is 10.5 Å². The van der Waals surface area contributed by atoms with Crippen molar-refractivity contribution in [2.45, 2.75) is 0 Å². The van der Waals surface area contributed by atoms with E-state index in [1.54, 1.807) is 24.1 Å². The van der Waals surface area contributed by atoms with Gasteiger partial charge in [-0.05, 0) is 18.2 Å². The summed E-state index contributed by atoms with van der Waals surface area (Å²) in [5.41, 5.74) is 7.17. The molecule has 0 bridgehead atoms. The second-order valence-corrected chi connectivity index (χ2v) is 4.02. The van der Waals surface area contributed by atoms with E-state index in [2.05, 4.69) is 10.1 Å². The van der Waals surface area contributed by atoms with E-state index in [1.165, 1.54) is 0 Å². The highest BCUT2D eigenvalue weighted by molar-refractivity contribution is 5.79. The second kappa shape index (κ2) is 4.03. The Balaban J connectivity index is 1.97. The maximum atomic E-state index is 5.78. The number of aromatic nitrogens is 3. The highest BCUT2D eigenvalue weighted by Gasteiger charge is 2.07. The molecule has 0 unspecified atom stereocenters. The van der Waals surface area contributed by atoms with Gasteiger partial charge in [-0.1, -0.05) is 6.07 Å². The van der Waals surface area contributed by atoms with Crippen molar-refractivity contribution in [2.24, 2.45) is 7.05 Å². The molecular formula is C13H12N4O. The smallest absolute Gasteiger partial charge is 0.261 e. The first kappa shape index (κ1) is 10.6. The number of anilines is 1. The number of hydrogen-bond donors (Lipinski definition) is 1. The van der Waals surface area contributed by atoms with Crippen LogP contribution in [0.3, 0.4) is 0 Å². The van der Waals surface area contributed by atoms with Gasteiger partial charge in [-0.2, -0.15) is 0 Å². The Labute approximate surface area is 104 Å². The third-order valence-electron chi connectivity index (χ3n) is 2.61. The van der Waals surface area contributed by atoms with E-state index >= 15 is 0 Å². The molecule has 2 aromatic heterocycles. The molecule has 0 saturated carbocycles. The number of nitrogens with two attached hydrogens (primary N) is 1. The van der Waals surface area contributed by atoms with Gasteiger partial charge in [0.2, 0.25) is 0 Å². The van der Waals surface area contributed by atoms with Crippen molar-refractivity contribution in [1.82, 2.24) is 14.8 Å². The lowest BCUT2D eigenvalue weighted by Crippen LogP contribution is -1.91. The van der Waals surface area contributed by atoms with Crippen LogP contribution in [0.15, 0.2) is 42.7 Å². The van der Waals surface area contributed by atoms with Gasteiger partial charge in [-0.25, -0.2) is 0 Å². The van der Waals surface area contributed by atoms with E-state index in [9.17, 15) is 0 Å². The van der Waals surface area contributed by atoms with Gasteiger partial charge in [-0.15, -0.1) is 5.10 Å². The standard InChI is InChI=1S/C13H12N4O/c1-17-8-11(14)13(16-17)18-10-5-4-9-3-2-6-15-12(9)7-10/h2-8H,14H2,1H3. The van der Waals surface area contributed by atoms with Crippen LogP contribution >= 0.6 is 0 Å². The largest absolute Gasteiger partial charge is 0.436 e. The molecule has 3 aromatic rings. The second-order valence-electron chi connectivity index (χ2n) is 4.02. The molecule has 0 fully saturated rings. The van der Waals surface area contributed by atoms with Crippen molar-refractivity contribution >= 4 is 16.6 Å². The lowest BCUT2D eigenvalue weighted by Gasteiger charge is -2.04. The van der Waals surface area contributed by atoms with Gasteiger partial charge >= 0.3 is 0 Å². The van der Waals surface area contributed by atoms with Crippen LogP contribution in [-0.4, -0.2) is 14.8 Å². The van der Waals surface area contributed by atoms with Crippen molar-refractivity contribution in [2.75, 3.05) is 5.73 Å². The zero-order valence-electron chi connectivity index (χ0n) is 9.87. The molecule has 0 radical (unpaired) electrons. The Morgan fingerprint density at radius 3 is 2.94 bits per heavy atom. The summed E-state index contributed by atoms with van der Waals surface area (Å²) in [6.45, 7) is 0. The Hall–Kier alpha value is -2.56. The number of aryl methyl sites for hydroxylation is 1. The Kier molecular flexibility index (Phi) is 2.37. The number of pyridine rings is 1. The van der Waals surface area contributed by atoms with Gasteiger partial charge in [0.25, 0.3) is 5.88 Å². The Morgan fingerprint density at radius 2 is 2.17 bits per heavy atom. The number of ether oxygens (including phenoxy) is 1. The van der Waals surface area contributed by atoms with Gasteiger partial charge in [0.05, 0.1) is 11.7 Å². The van der Waals surface area contributed by atoms with Crippen LogP contribution in [0.5, 0.6) is 11.6 Å². The van der Waals surface area contributed by atoms with Crippen molar-refractivity contribution in [3.05, 3.63) is 42.7 Å². The number of nitrogen functional groups attached to an aromatic ring is 1. The lowest BCUT2D eigenvalue weighted by molar-refractivity contribution is 0.456. The fourth-order valence-corrected chi connectivity index (χ4v) is 1.79. The lowest BCUT2D eigenvalue weighted by atomic mass is 10.2. The predicted octanol–water partition coefficient (Wildman–Crippen LogP) is 2.34. The molecule has 90 valence electrons. The number of fused-ring (bicyclic) bond motifs is 1. The fraction of sp³-hybridized carbons (Fsp3) is 0.0769. The zero-order chi connectivity index (χ0) is 12.5. The number of benzene rings is 1. The Bertz CT molecular complexity index is 705. The van der Waals surface area contributed by atoms with Crippen LogP contribution in [-0.2, 0) is 7.05 Å². The molecule has 5 nitrogen and oxygen atoms in total. The fourth-order valence-electron chi connectivity index (χ4n) is 1.79. The van der Waals surface area contributed by atoms with E-state index in [0.29, 0.717) is 17.3 Å². The molecule has 18 heavy (non-hydrogen) atoms. The van der Waals surface area contributed by atoms with Gasteiger partial charge in [-0.3, -0.25) is 9.67 Å². The highest BCUT2D eigenvalue weighted by atomic mass is 16.5. The van der Waals surface area contributed by atoms with Crippen LogP contribution < -0.4 is 10.5 Å². The molecule has 2 N–H and O–H groups in total. The molecule has 3 rings (SSSR count). The molecule has 0 saturated heterocycles. The maximum Gasteiger partial charge on any atom is 0.261 e. The minimum atomic E-state index is 0.410. The van der Waals surface area contributed by atoms with Crippen LogP contribution in [0.2, 0.25) is 0 Å². The van der Waals surface area contributed by atoms with E-state index < -0.39 is 0 Å². The monoisotopic (exact) mass is 240 g/mol. The van der Waals surface area contributed by atoms with Crippen molar-refractivity contribution in [3.63, 3.8) is 0 Å². The van der Waals surface area contributed by atoms with Gasteiger partial charge in [0.1, 0.15) is 11.4 Å². The molecule has 1 aromatic carbocycles. The molecule has 2 heterocycles. The SMILES string of the molecule is Cn1cc(N)c(Oc2ccc3cccnc3c2)n1. The first-order valence-electron chi connectivity index (χ1n) is 5.54. The zero-order valence-corrected chi connectivity index (χ0v) is 9.87. The topological polar surface area (TPSA) is 66.0 Å². The Morgan fingerprint density at radius 1 is 1.28 bits per heavy atom. The summed E-state index contributed by atoms with van der Waals surface area (Å²) in [7, 11) is 1.80. The summed E-state index contributed by atoms with van der Waals surface area (Å²) >= 11 is 0. The van der Waals surface area contributed by atoms with Crippen LogP contribution in [0.25, 0.3) is 10.9 Å². The molecule has 5 heteroatoms. The average Bonchev–Trinajstić information content (AvgIpc) is 2.68. The molecule has 0 atom stereocenters. The van der Waals surface area contributed by atoms with Crippen molar-refractivity contribution in [3.8, 4) is 11.6 Å². The first-order chi connectivity index (χ1) is 8.72. The van der Waals surface area contributed by atoms with E-state index in [1.807, 2.05) is 30.3 Å². The summed E-state index contributed by atoms with van der Waals surface area (Å²) in [5, 5.41) is 5.20. The summed E-state index contributed by atoms with van der Waals surface area (Å²) in [6, 6.07) is 9.60. The van der Waals surface area contributed by atoms with Crippen LogP contribution in [0.4, 0.5) is 5.69 Å². The molecule has 0 aliphatic carbocycles. The van der Waals surface area contributed by atoms with Crippen molar-refractivity contribution in [1.29, 1.82) is 0 Å². The highest BCUT2D eigenvalue weighted by Crippen LogP contribution is 2.27. The normalized spacial score (nSPS) is 10.7. The number of hydrogen-bond acceptors (Lipinski definition) is 4.